The van der Waals surface area contributed by atoms with Gasteiger partial charge >= 0.3 is 17.1 Å². The molecule has 10 aromatic rings. The number of benzene rings is 9. The van der Waals surface area contributed by atoms with Crippen LogP contribution in [-0.2, 0) is 23.2 Å². The summed E-state index contributed by atoms with van der Waals surface area (Å²) in [4.78, 5) is 4.51. The first kappa shape index (κ1) is 46.1. The molecule has 1 heterocycles. The maximum Gasteiger partial charge on any atom is 1.00 e. The van der Waals surface area contributed by atoms with Crippen LogP contribution in [0, 0.1) is 0 Å². The van der Waals surface area contributed by atoms with Gasteiger partial charge < -0.3 is 4.98 Å². The molecule has 316 valence electrons. The van der Waals surface area contributed by atoms with E-state index in [4.69, 9.17) is 0 Å². The predicted octanol–water partition coefficient (Wildman–Crippen LogP) is 11.0. The molecule has 0 aliphatic carbocycles. The Hall–Kier alpha value is -5.93. The smallest absolute Gasteiger partial charge is 0.664 e. The van der Waals surface area contributed by atoms with Crippen LogP contribution < -0.4 is 47.4 Å². The standard InChI is InChI=1S/C23H19NP.2C18H15P.Cu/c1-3-11-20(12-4-1)25(21-13-5-2-6-14-21)18-19-10-7-8-15-22(19)23-16-9-17-24-23;2*1-4-10-16(11-5-1)19(17-12-6-2-7-13-17)18-14-8-3-9-15-18;/h1-17H,18H2;2*1-15H;/q-1;;;+1/p+3. The van der Waals surface area contributed by atoms with Crippen LogP contribution in [-0.4, -0.2) is 0 Å². The van der Waals surface area contributed by atoms with Crippen LogP contribution in [0.1, 0.15) is 5.56 Å². The van der Waals surface area contributed by atoms with Gasteiger partial charge in [0.2, 0.25) is 0 Å². The van der Waals surface area contributed by atoms with Gasteiger partial charge in [-0.1, -0.05) is 182 Å². The molecule has 0 unspecified atom stereocenters. The number of hydrogen-bond donors (Lipinski definition) is 0. The first-order valence-corrected chi connectivity index (χ1v) is 26.2. The second-order valence-electron chi connectivity index (χ2n) is 15.0. The summed E-state index contributed by atoms with van der Waals surface area (Å²) in [6.45, 7) is 0. The van der Waals surface area contributed by atoms with E-state index in [1.54, 1.807) is 0 Å². The third-order valence-corrected chi connectivity index (χ3v) is 19.1. The second-order valence-corrected chi connectivity index (χ2v) is 22.4. The van der Waals surface area contributed by atoms with Gasteiger partial charge in [-0.05, 0) is 108 Å². The maximum absolute atomic E-state index is 4.51. The van der Waals surface area contributed by atoms with Crippen molar-refractivity contribution in [1.29, 1.82) is 0 Å². The van der Waals surface area contributed by atoms with Gasteiger partial charge in [-0.3, -0.25) is 0 Å². The summed E-state index contributed by atoms with van der Waals surface area (Å²) in [6.07, 6.45) is 2.92. The van der Waals surface area contributed by atoms with Crippen molar-refractivity contribution in [3.05, 3.63) is 291 Å². The summed E-state index contributed by atoms with van der Waals surface area (Å²) >= 11 is 0. The van der Waals surface area contributed by atoms with Crippen molar-refractivity contribution in [3.63, 3.8) is 0 Å². The first-order chi connectivity index (χ1) is 31.3. The van der Waals surface area contributed by atoms with Crippen molar-refractivity contribution < 1.29 is 17.1 Å². The molecule has 0 amide bonds. The Morgan fingerprint density at radius 2 is 0.531 bits per heavy atom. The van der Waals surface area contributed by atoms with E-state index < -0.39 is 23.8 Å². The van der Waals surface area contributed by atoms with E-state index in [0.717, 1.165) is 11.9 Å². The first-order valence-electron chi connectivity index (χ1n) is 21.5. The SMILES string of the molecule is [Cu+].c1ccc([PH+](Cc2ccccc2-c2ccc[n-]2)c2ccccc2)cc1.c1ccc([PH+](c2ccccc2)c2ccccc2)cc1.c1ccc([PH+](c2ccccc2)c2ccccc2)cc1. The second kappa shape index (κ2) is 24.8. The minimum atomic E-state index is -0.892. The third kappa shape index (κ3) is 12.6. The Morgan fingerprint density at radius 1 is 0.266 bits per heavy atom. The molecule has 1 nitrogen and oxygen atoms in total. The minimum absolute atomic E-state index is 0. The molecule has 9 aromatic carbocycles. The molecule has 10 rings (SSSR count). The van der Waals surface area contributed by atoms with E-state index in [1.807, 2.05) is 12.3 Å². The number of rotatable bonds is 11. The van der Waals surface area contributed by atoms with Crippen molar-refractivity contribution in [3.8, 4) is 11.3 Å². The Morgan fingerprint density at radius 3 is 0.812 bits per heavy atom. The van der Waals surface area contributed by atoms with Crippen LogP contribution in [0.3, 0.4) is 0 Å². The van der Waals surface area contributed by atoms with E-state index in [9.17, 15) is 0 Å². The molecule has 0 radical (unpaired) electrons. The van der Waals surface area contributed by atoms with Gasteiger partial charge in [-0.25, -0.2) is 0 Å². The molecule has 0 N–H and O–H groups in total. The zero-order chi connectivity index (χ0) is 42.7. The molecular formula is C59H52CuNP3+3. The molecule has 0 atom stereocenters. The molecule has 64 heavy (non-hydrogen) atoms. The number of nitrogens with zero attached hydrogens (tertiary/aromatic N) is 1. The van der Waals surface area contributed by atoms with Crippen LogP contribution >= 0.6 is 23.8 Å². The largest absolute Gasteiger partial charge is 1.00 e. The fraction of sp³-hybridized carbons (Fsp3) is 0.0169. The summed E-state index contributed by atoms with van der Waals surface area (Å²) in [6, 6.07) is 99.6. The van der Waals surface area contributed by atoms with E-state index in [0.29, 0.717) is 0 Å². The van der Waals surface area contributed by atoms with Crippen LogP contribution in [0.15, 0.2) is 285 Å². The van der Waals surface area contributed by atoms with Gasteiger partial charge in [0.05, 0.1) is 40.5 Å². The molecule has 5 heteroatoms. The summed E-state index contributed by atoms with van der Waals surface area (Å²) in [7, 11) is -2.65. The minimum Gasteiger partial charge on any atom is -0.664 e. The summed E-state index contributed by atoms with van der Waals surface area (Å²) in [5.74, 6) is 0. The van der Waals surface area contributed by atoms with E-state index in [1.165, 1.54) is 53.6 Å². The topological polar surface area (TPSA) is 14.1 Å². The van der Waals surface area contributed by atoms with Gasteiger partial charge in [0.1, 0.15) is 31.8 Å². The van der Waals surface area contributed by atoms with E-state index in [-0.39, 0.29) is 17.1 Å². The number of aromatic nitrogens is 1. The number of hydrogen-bond acceptors (Lipinski definition) is 0. The van der Waals surface area contributed by atoms with Crippen LogP contribution in [0.25, 0.3) is 11.3 Å². The van der Waals surface area contributed by atoms with Crippen LogP contribution in [0.2, 0.25) is 0 Å². The molecule has 0 bridgehead atoms. The zero-order valence-corrected chi connectivity index (χ0v) is 39.5. The maximum atomic E-state index is 4.51. The zero-order valence-electron chi connectivity index (χ0n) is 35.6. The molecule has 0 fully saturated rings. The van der Waals surface area contributed by atoms with Gasteiger partial charge in [-0.15, -0.1) is 5.69 Å². The molecule has 0 saturated heterocycles. The fourth-order valence-electron chi connectivity index (χ4n) is 7.85. The van der Waals surface area contributed by atoms with Gasteiger partial charge in [0, 0.05) is 0 Å². The average molecular weight is 932 g/mol. The van der Waals surface area contributed by atoms with E-state index in [2.05, 4.69) is 278 Å². The van der Waals surface area contributed by atoms with Gasteiger partial charge in [-0.2, -0.15) is 6.20 Å². The average Bonchev–Trinajstić information content (AvgIpc) is 3.92. The molecule has 0 aliphatic heterocycles. The third-order valence-electron chi connectivity index (χ3n) is 10.8. The van der Waals surface area contributed by atoms with Crippen LogP contribution in [0.4, 0.5) is 0 Å². The molecule has 0 aliphatic rings. The molecular weight excluding hydrogens is 879 g/mol. The van der Waals surface area contributed by atoms with Crippen LogP contribution in [0.5, 0.6) is 0 Å². The quantitative estimate of drug-likeness (QED) is 0.0931. The summed E-state index contributed by atoms with van der Waals surface area (Å²) in [5.41, 5.74) is 3.70. The Labute approximate surface area is 394 Å². The fourth-order valence-corrected chi connectivity index (χ4v) is 15.6. The molecule has 1 aromatic heterocycles. The molecule has 0 spiro atoms. The van der Waals surface area contributed by atoms with Crippen molar-refractivity contribution in [1.82, 2.24) is 4.98 Å². The normalized spacial score (nSPS) is 10.5. The predicted molar refractivity (Wildman–Crippen MR) is 282 cm³/mol. The van der Waals surface area contributed by atoms with Crippen molar-refractivity contribution in [2.75, 3.05) is 0 Å². The van der Waals surface area contributed by atoms with Gasteiger partial charge in [0.25, 0.3) is 0 Å². The van der Waals surface area contributed by atoms with Crippen molar-refractivity contribution in [2.45, 2.75) is 6.16 Å². The Bertz CT molecular complexity index is 2430. The summed E-state index contributed by atoms with van der Waals surface area (Å²) in [5, 5.41) is 11.5. The summed E-state index contributed by atoms with van der Waals surface area (Å²) < 4.78 is 0. The molecule has 0 saturated carbocycles. The van der Waals surface area contributed by atoms with Crippen molar-refractivity contribution in [2.24, 2.45) is 0 Å². The van der Waals surface area contributed by atoms with Gasteiger partial charge in [0.15, 0.2) is 0 Å². The van der Waals surface area contributed by atoms with E-state index >= 15 is 0 Å². The van der Waals surface area contributed by atoms with Crippen molar-refractivity contribution >= 4 is 66.2 Å². The monoisotopic (exact) mass is 930 g/mol. The Kier molecular flexibility index (Phi) is 17.8. The Balaban J connectivity index is 0.000000144.